The molecule has 0 amide bonds. The Balaban J connectivity index is 1.63. The second-order valence-corrected chi connectivity index (χ2v) is 4.41. The maximum absolute atomic E-state index is 5.63. The summed E-state index contributed by atoms with van der Waals surface area (Å²) in [5.74, 6) is 0. The van der Waals surface area contributed by atoms with Gasteiger partial charge in [-0.3, -0.25) is 0 Å². The lowest BCUT2D eigenvalue weighted by Crippen LogP contribution is -2.24. The number of nitrogens with two attached hydrogens (primary N) is 1. The molecule has 3 N–H and O–H groups in total. The summed E-state index contributed by atoms with van der Waals surface area (Å²) >= 11 is 0. The Bertz CT molecular complexity index is 372. The number of benzene rings is 1. The molecule has 1 aliphatic rings. The molecule has 0 aromatic heterocycles. The highest BCUT2D eigenvalue weighted by Crippen LogP contribution is 2.10. The fraction of sp³-hybridized carbons (Fsp3) is 0.385. The van der Waals surface area contributed by atoms with Gasteiger partial charge in [0.1, 0.15) is 0 Å². The standard InChI is InChI=1S/C13H20N4/c1-16-9-10-17(11-16)8-2-7-15-13-5-3-12(14)4-6-13/h3-6,9-10,15H,2,7-8,11,14H2,1H3. The van der Waals surface area contributed by atoms with Gasteiger partial charge in [-0.15, -0.1) is 0 Å². The number of anilines is 2. The summed E-state index contributed by atoms with van der Waals surface area (Å²) in [5, 5.41) is 3.39. The van der Waals surface area contributed by atoms with Crippen molar-refractivity contribution in [2.75, 3.05) is 37.9 Å². The highest BCUT2D eigenvalue weighted by atomic mass is 15.3. The molecule has 4 nitrogen and oxygen atoms in total. The Morgan fingerprint density at radius 1 is 1.24 bits per heavy atom. The third-order valence-electron chi connectivity index (χ3n) is 2.80. The van der Waals surface area contributed by atoms with E-state index in [1.165, 1.54) is 0 Å². The smallest absolute Gasteiger partial charge is 0.0890 e. The van der Waals surface area contributed by atoms with E-state index in [1.807, 2.05) is 24.3 Å². The predicted octanol–water partition coefficient (Wildman–Crippen LogP) is 1.75. The van der Waals surface area contributed by atoms with Crippen LogP contribution in [0.2, 0.25) is 0 Å². The monoisotopic (exact) mass is 232 g/mol. The van der Waals surface area contributed by atoms with Crippen LogP contribution in [0.15, 0.2) is 36.7 Å². The molecule has 1 aliphatic heterocycles. The number of nitrogen functional groups attached to an aromatic ring is 1. The van der Waals surface area contributed by atoms with E-state index in [0.29, 0.717) is 0 Å². The lowest BCUT2D eigenvalue weighted by molar-refractivity contribution is 0.296. The maximum Gasteiger partial charge on any atom is 0.0890 e. The molecule has 1 heterocycles. The van der Waals surface area contributed by atoms with Crippen LogP contribution in [0, 0.1) is 0 Å². The Labute approximate surface area is 103 Å². The molecular weight excluding hydrogens is 212 g/mol. The van der Waals surface area contributed by atoms with Gasteiger partial charge in [-0.2, -0.15) is 0 Å². The van der Waals surface area contributed by atoms with Crippen molar-refractivity contribution in [3.05, 3.63) is 36.7 Å². The van der Waals surface area contributed by atoms with Gasteiger partial charge >= 0.3 is 0 Å². The van der Waals surface area contributed by atoms with E-state index in [1.54, 1.807) is 0 Å². The average Bonchev–Trinajstić information content (AvgIpc) is 2.73. The highest BCUT2D eigenvalue weighted by molar-refractivity contribution is 5.51. The van der Waals surface area contributed by atoms with E-state index in [4.69, 9.17) is 5.73 Å². The lowest BCUT2D eigenvalue weighted by Gasteiger charge is -2.18. The molecular formula is C13H20N4. The molecule has 0 saturated carbocycles. The van der Waals surface area contributed by atoms with Crippen molar-refractivity contribution in [1.29, 1.82) is 0 Å². The number of nitrogens with zero attached hydrogens (tertiary/aromatic N) is 2. The van der Waals surface area contributed by atoms with E-state index in [9.17, 15) is 0 Å². The van der Waals surface area contributed by atoms with Crippen molar-refractivity contribution in [3.63, 3.8) is 0 Å². The zero-order valence-corrected chi connectivity index (χ0v) is 10.3. The number of hydrogen-bond donors (Lipinski definition) is 2. The van der Waals surface area contributed by atoms with Gasteiger partial charge in [-0.1, -0.05) is 0 Å². The van der Waals surface area contributed by atoms with Crippen LogP contribution in [0.25, 0.3) is 0 Å². The van der Waals surface area contributed by atoms with Crippen LogP contribution in [0.5, 0.6) is 0 Å². The normalized spacial score (nSPS) is 14.4. The average molecular weight is 232 g/mol. The van der Waals surface area contributed by atoms with Gasteiger partial charge in [-0.25, -0.2) is 0 Å². The van der Waals surface area contributed by atoms with Gasteiger partial charge < -0.3 is 20.9 Å². The Morgan fingerprint density at radius 2 is 2.00 bits per heavy atom. The van der Waals surface area contributed by atoms with Crippen LogP contribution in [-0.2, 0) is 0 Å². The van der Waals surface area contributed by atoms with Crippen LogP contribution in [0.4, 0.5) is 11.4 Å². The van der Waals surface area contributed by atoms with Crippen molar-refractivity contribution in [2.45, 2.75) is 6.42 Å². The van der Waals surface area contributed by atoms with Gasteiger partial charge in [0.2, 0.25) is 0 Å². The minimum atomic E-state index is 0.806. The third kappa shape index (κ3) is 3.59. The van der Waals surface area contributed by atoms with Gasteiger partial charge in [-0.05, 0) is 30.7 Å². The summed E-state index contributed by atoms with van der Waals surface area (Å²) in [5.41, 5.74) is 7.57. The quantitative estimate of drug-likeness (QED) is 0.599. The first-order chi connectivity index (χ1) is 8.24. The minimum absolute atomic E-state index is 0.806. The molecule has 17 heavy (non-hydrogen) atoms. The molecule has 92 valence electrons. The Kier molecular flexibility index (Phi) is 3.75. The zero-order valence-electron chi connectivity index (χ0n) is 10.3. The lowest BCUT2D eigenvalue weighted by atomic mass is 10.3. The van der Waals surface area contributed by atoms with Crippen LogP contribution in [0.3, 0.4) is 0 Å². The molecule has 0 fully saturated rings. The van der Waals surface area contributed by atoms with Crippen molar-refractivity contribution >= 4 is 11.4 Å². The second kappa shape index (κ2) is 5.48. The summed E-state index contributed by atoms with van der Waals surface area (Å²) in [6.07, 6.45) is 5.37. The molecule has 4 heteroatoms. The van der Waals surface area contributed by atoms with E-state index in [0.717, 1.165) is 37.6 Å². The molecule has 0 aliphatic carbocycles. The number of hydrogen-bond acceptors (Lipinski definition) is 4. The fourth-order valence-corrected chi connectivity index (χ4v) is 1.85. The van der Waals surface area contributed by atoms with Crippen molar-refractivity contribution < 1.29 is 0 Å². The minimum Gasteiger partial charge on any atom is -0.399 e. The van der Waals surface area contributed by atoms with E-state index < -0.39 is 0 Å². The van der Waals surface area contributed by atoms with E-state index in [2.05, 4.69) is 34.6 Å². The van der Waals surface area contributed by atoms with Crippen LogP contribution in [-0.4, -0.2) is 36.6 Å². The van der Waals surface area contributed by atoms with E-state index >= 15 is 0 Å². The van der Waals surface area contributed by atoms with Crippen molar-refractivity contribution in [2.24, 2.45) is 0 Å². The fourth-order valence-electron chi connectivity index (χ4n) is 1.85. The molecule has 0 unspecified atom stereocenters. The first kappa shape index (κ1) is 11.6. The molecule has 0 spiro atoms. The van der Waals surface area contributed by atoms with Crippen LogP contribution in [0.1, 0.15) is 6.42 Å². The third-order valence-corrected chi connectivity index (χ3v) is 2.80. The summed E-state index contributed by atoms with van der Waals surface area (Å²) in [4.78, 5) is 4.48. The van der Waals surface area contributed by atoms with Crippen molar-refractivity contribution in [1.82, 2.24) is 9.80 Å². The summed E-state index contributed by atoms with van der Waals surface area (Å²) in [6, 6.07) is 7.86. The molecule has 1 aromatic rings. The predicted molar refractivity (Wildman–Crippen MR) is 72.4 cm³/mol. The Hall–Kier alpha value is -1.84. The number of nitrogens with one attached hydrogen (secondary N) is 1. The molecule has 0 saturated heterocycles. The van der Waals surface area contributed by atoms with Gasteiger partial charge in [0.25, 0.3) is 0 Å². The molecule has 1 aromatic carbocycles. The topological polar surface area (TPSA) is 44.5 Å². The first-order valence-electron chi connectivity index (χ1n) is 5.96. The van der Waals surface area contributed by atoms with Crippen LogP contribution < -0.4 is 11.1 Å². The molecule has 0 radical (unpaired) electrons. The highest BCUT2D eigenvalue weighted by Gasteiger charge is 2.06. The zero-order chi connectivity index (χ0) is 12.1. The largest absolute Gasteiger partial charge is 0.399 e. The number of rotatable bonds is 5. The summed E-state index contributed by atoms with van der Waals surface area (Å²) in [6.45, 7) is 3.07. The van der Waals surface area contributed by atoms with Gasteiger partial charge in [0.15, 0.2) is 0 Å². The SMILES string of the molecule is CN1C=CN(CCCNc2ccc(N)cc2)C1. The second-order valence-electron chi connectivity index (χ2n) is 4.41. The van der Waals surface area contributed by atoms with Gasteiger partial charge in [0.05, 0.1) is 6.67 Å². The molecule has 0 bridgehead atoms. The maximum atomic E-state index is 5.63. The van der Waals surface area contributed by atoms with Crippen LogP contribution >= 0.6 is 0 Å². The molecule has 2 rings (SSSR count). The summed E-state index contributed by atoms with van der Waals surface area (Å²) in [7, 11) is 2.09. The first-order valence-corrected chi connectivity index (χ1v) is 5.96. The summed E-state index contributed by atoms with van der Waals surface area (Å²) < 4.78 is 0. The van der Waals surface area contributed by atoms with Crippen molar-refractivity contribution in [3.8, 4) is 0 Å². The Morgan fingerprint density at radius 3 is 2.65 bits per heavy atom. The van der Waals surface area contributed by atoms with E-state index in [-0.39, 0.29) is 0 Å². The molecule has 0 atom stereocenters. The van der Waals surface area contributed by atoms with Gasteiger partial charge in [0, 0.05) is 43.9 Å².